The summed E-state index contributed by atoms with van der Waals surface area (Å²) in [5, 5.41) is 0. The zero-order valence-corrected chi connectivity index (χ0v) is 21.1. The molecule has 0 bridgehead atoms. The van der Waals surface area contributed by atoms with Crippen molar-refractivity contribution in [3.63, 3.8) is 0 Å². The predicted molar refractivity (Wildman–Crippen MR) is 140 cm³/mol. The van der Waals surface area contributed by atoms with Gasteiger partial charge in [-0.05, 0) is 31.6 Å². The Labute approximate surface area is 193 Å². The van der Waals surface area contributed by atoms with Crippen molar-refractivity contribution in [1.82, 2.24) is 0 Å². The molecule has 0 spiro atoms. The molecule has 0 aromatic heterocycles. The van der Waals surface area contributed by atoms with Gasteiger partial charge in [0, 0.05) is 0 Å². The normalized spacial score (nSPS) is 12.8. The molecule has 0 aromatic carbocycles. The van der Waals surface area contributed by atoms with Crippen molar-refractivity contribution in [3.8, 4) is 0 Å². The molecule has 0 N–H and O–H groups in total. The van der Waals surface area contributed by atoms with Crippen molar-refractivity contribution < 1.29 is 0 Å². The molecule has 0 amide bonds. The maximum Gasteiger partial charge on any atom is -0.0351 e. The Hall–Kier alpha value is -0.260. The maximum atomic E-state index is 3.96. The molecule has 178 valence electrons. The van der Waals surface area contributed by atoms with Gasteiger partial charge in [0.25, 0.3) is 0 Å². The number of unbranched alkanes of at least 4 members (excludes halogenated alkanes) is 17. The Morgan fingerprint density at radius 1 is 0.467 bits per heavy atom. The van der Waals surface area contributed by atoms with Crippen LogP contribution in [-0.2, 0) is 0 Å². The fourth-order valence-corrected chi connectivity index (χ4v) is 4.50. The van der Waals surface area contributed by atoms with Crippen LogP contribution in [0.5, 0.6) is 0 Å². The maximum absolute atomic E-state index is 3.96. The second kappa shape index (κ2) is 26.8. The first-order valence-electron chi connectivity index (χ1n) is 14.1. The number of hydrogen-bond acceptors (Lipinski definition) is 0. The van der Waals surface area contributed by atoms with Gasteiger partial charge in [-0.25, -0.2) is 0 Å². The molecule has 0 aliphatic rings. The van der Waals surface area contributed by atoms with E-state index in [9.17, 15) is 0 Å². The van der Waals surface area contributed by atoms with Crippen molar-refractivity contribution in [3.05, 3.63) is 26.0 Å². The SMILES string of the molecule is [CH2]CCCCC/C=C/CCCCCCCCCCC(CCCC)CCCCCC[CH2]. The molecule has 0 heterocycles. The fourth-order valence-electron chi connectivity index (χ4n) is 4.50. The highest BCUT2D eigenvalue weighted by atomic mass is 14.1. The van der Waals surface area contributed by atoms with Crippen LogP contribution in [0.25, 0.3) is 0 Å². The first-order chi connectivity index (χ1) is 14.8. The van der Waals surface area contributed by atoms with E-state index in [1.807, 2.05) is 0 Å². The van der Waals surface area contributed by atoms with E-state index in [0.29, 0.717) is 0 Å². The summed E-state index contributed by atoms with van der Waals surface area (Å²) in [4.78, 5) is 0. The summed E-state index contributed by atoms with van der Waals surface area (Å²) in [6, 6.07) is 0. The van der Waals surface area contributed by atoms with Gasteiger partial charge in [-0.3, -0.25) is 0 Å². The molecule has 0 aliphatic carbocycles. The van der Waals surface area contributed by atoms with Crippen LogP contribution in [0, 0.1) is 19.8 Å². The van der Waals surface area contributed by atoms with Crippen LogP contribution in [0.4, 0.5) is 0 Å². The van der Waals surface area contributed by atoms with E-state index in [-0.39, 0.29) is 0 Å². The standard InChI is InChI=1S/C30H58/c1-4-7-10-12-13-14-15-16-17-18-19-20-21-22-24-26-29-30(27-9-6-3)28-25-23-11-8-5-2/h14-15,30H,1-2,4-13,16-29H2,3H3/b15-14+. The molecule has 0 saturated heterocycles. The smallest absolute Gasteiger partial charge is 0.0351 e. The van der Waals surface area contributed by atoms with Gasteiger partial charge in [-0.1, -0.05) is 161 Å². The lowest BCUT2D eigenvalue weighted by molar-refractivity contribution is 0.371. The minimum Gasteiger partial charge on any atom is -0.0885 e. The van der Waals surface area contributed by atoms with Crippen molar-refractivity contribution >= 4 is 0 Å². The van der Waals surface area contributed by atoms with Crippen molar-refractivity contribution in [2.75, 3.05) is 0 Å². The van der Waals surface area contributed by atoms with Crippen LogP contribution < -0.4 is 0 Å². The van der Waals surface area contributed by atoms with E-state index >= 15 is 0 Å². The summed E-state index contributed by atoms with van der Waals surface area (Å²) in [7, 11) is 0. The molecule has 2 radical (unpaired) electrons. The largest absolute Gasteiger partial charge is 0.0885 e. The van der Waals surface area contributed by atoms with E-state index in [1.54, 1.807) is 0 Å². The topological polar surface area (TPSA) is 0 Å². The average Bonchev–Trinajstić information content (AvgIpc) is 2.76. The van der Waals surface area contributed by atoms with Gasteiger partial charge in [0.15, 0.2) is 0 Å². The molecular formula is C30H58. The van der Waals surface area contributed by atoms with Gasteiger partial charge < -0.3 is 0 Å². The summed E-state index contributed by atoms with van der Waals surface area (Å²) in [5.41, 5.74) is 0. The second-order valence-corrected chi connectivity index (χ2v) is 9.64. The first-order valence-corrected chi connectivity index (χ1v) is 14.1. The van der Waals surface area contributed by atoms with Gasteiger partial charge in [0.2, 0.25) is 0 Å². The minimum absolute atomic E-state index is 1.02. The van der Waals surface area contributed by atoms with Crippen LogP contribution in [-0.4, -0.2) is 0 Å². The molecule has 1 unspecified atom stereocenters. The molecule has 0 nitrogen and oxygen atoms in total. The molecule has 1 atom stereocenters. The van der Waals surface area contributed by atoms with Crippen LogP contribution in [0.15, 0.2) is 12.2 Å². The Morgan fingerprint density at radius 2 is 0.833 bits per heavy atom. The Balaban J connectivity index is 3.44. The number of rotatable bonds is 25. The van der Waals surface area contributed by atoms with Crippen LogP contribution in [0.1, 0.15) is 161 Å². The van der Waals surface area contributed by atoms with Gasteiger partial charge in [-0.2, -0.15) is 0 Å². The predicted octanol–water partition coefficient (Wildman–Crippen LogP) is 11.2. The van der Waals surface area contributed by atoms with Crippen molar-refractivity contribution in [1.29, 1.82) is 0 Å². The van der Waals surface area contributed by atoms with Crippen molar-refractivity contribution in [2.24, 2.45) is 5.92 Å². The van der Waals surface area contributed by atoms with E-state index in [0.717, 1.165) is 18.8 Å². The lowest BCUT2D eigenvalue weighted by Crippen LogP contribution is -2.01. The van der Waals surface area contributed by atoms with Gasteiger partial charge in [0.05, 0.1) is 0 Å². The average molecular weight is 419 g/mol. The molecule has 0 rings (SSSR count). The number of allylic oxidation sites excluding steroid dienone is 2. The first kappa shape index (κ1) is 29.7. The molecule has 0 fully saturated rings. The van der Waals surface area contributed by atoms with Crippen LogP contribution >= 0.6 is 0 Å². The summed E-state index contributed by atoms with van der Waals surface area (Å²) < 4.78 is 0. The van der Waals surface area contributed by atoms with Gasteiger partial charge in [-0.15, -0.1) is 0 Å². The molecular weight excluding hydrogens is 360 g/mol. The fraction of sp³-hybridized carbons (Fsp3) is 0.867. The molecule has 0 heteroatoms. The van der Waals surface area contributed by atoms with Crippen LogP contribution in [0.2, 0.25) is 0 Å². The third-order valence-corrected chi connectivity index (χ3v) is 6.60. The van der Waals surface area contributed by atoms with E-state index < -0.39 is 0 Å². The van der Waals surface area contributed by atoms with Gasteiger partial charge in [0.1, 0.15) is 0 Å². The molecule has 0 aliphatic heterocycles. The summed E-state index contributed by atoms with van der Waals surface area (Å²) in [6.07, 6.45) is 38.1. The monoisotopic (exact) mass is 418 g/mol. The van der Waals surface area contributed by atoms with E-state index in [2.05, 4.69) is 32.9 Å². The Morgan fingerprint density at radius 3 is 1.30 bits per heavy atom. The molecule has 0 aromatic rings. The summed E-state index contributed by atoms with van der Waals surface area (Å²) >= 11 is 0. The molecule has 30 heavy (non-hydrogen) atoms. The summed E-state index contributed by atoms with van der Waals surface area (Å²) in [6.45, 7) is 10.2. The van der Waals surface area contributed by atoms with E-state index in [1.165, 1.54) is 141 Å². The van der Waals surface area contributed by atoms with Gasteiger partial charge >= 0.3 is 0 Å². The highest BCUT2D eigenvalue weighted by Crippen LogP contribution is 2.24. The highest BCUT2D eigenvalue weighted by molar-refractivity contribution is 4.81. The summed E-state index contributed by atoms with van der Waals surface area (Å²) in [5.74, 6) is 1.02. The zero-order chi connectivity index (χ0) is 22.0. The zero-order valence-electron chi connectivity index (χ0n) is 21.1. The Kier molecular flexibility index (Phi) is 26.5. The second-order valence-electron chi connectivity index (χ2n) is 9.64. The Bertz CT molecular complexity index is 316. The lowest BCUT2D eigenvalue weighted by Gasteiger charge is -2.16. The quantitative estimate of drug-likeness (QED) is 0.102. The van der Waals surface area contributed by atoms with Crippen LogP contribution in [0.3, 0.4) is 0 Å². The lowest BCUT2D eigenvalue weighted by atomic mass is 9.90. The third kappa shape index (κ3) is 24.0. The third-order valence-electron chi connectivity index (χ3n) is 6.60. The minimum atomic E-state index is 1.02. The molecule has 0 saturated carbocycles. The highest BCUT2D eigenvalue weighted by Gasteiger charge is 2.08. The number of hydrogen-bond donors (Lipinski definition) is 0. The van der Waals surface area contributed by atoms with Crippen molar-refractivity contribution in [2.45, 2.75) is 161 Å². The van der Waals surface area contributed by atoms with E-state index in [4.69, 9.17) is 0 Å².